The van der Waals surface area contributed by atoms with Crippen molar-refractivity contribution in [3.63, 3.8) is 0 Å². The summed E-state index contributed by atoms with van der Waals surface area (Å²) >= 11 is 2.02. The van der Waals surface area contributed by atoms with Crippen LogP contribution in [0.3, 0.4) is 0 Å². The molecule has 1 N–H and O–H groups in total. The van der Waals surface area contributed by atoms with Gasteiger partial charge in [0.2, 0.25) is 0 Å². The summed E-state index contributed by atoms with van der Waals surface area (Å²) in [6, 6.07) is 7.27. The van der Waals surface area contributed by atoms with Crippen LogP contribution >= 0.6 is 11.8 Å². The number of nitrogens with one attached hydrogen (secondary N) is 1. The molecule has 0 bridgehead atoms. The number of nitrogens with zero attached hydrogens (tertiary/aromatic N) is 1. The Morgan fingerprint density at radius 3 is 2.82 bits per heavy atom. The highest BCUT2D eigenvalue weighted by Crippen LogP contribution is 2.42. The molecule has 2 unspecified atom stereocenters. The molecule has 1 aliphatic rings. The van der Waals surface area contributed by atoms with Gasteiger partial charge in [0.25, 0.3) is 0 Å². The first-order valence-electron chi connectivity index (χ1n) is 6.35. The van der Waals surface area contributed by atoms with Crippen molar-refractivity contribution in [2.75, 3.05) is 25.5 Å². The minimum absolute atomic E-state index is 0.577. The Bertz CT molecular complexity index is 392. The number of benzene rings is 1. The second-order valence-corrected chi connectivity index (χ2v) is 5.96. The quantitative estimate of drug-likeness (QED) is 0.888. The lowest BCUT2D eigenvalue weighted by Crippen LogP contribution is -2.45. The van der Waals surface area contributed by atoms with E-state index in [1.807, 2.05) is 18.8 Å². The number of thioether (sulfide) groups is 1. The predicted molar refractivity (Wildman–Crippen MR) is 77.3 cm³/mol. The third-order valence-corrected chi connectivity index (χ3v) is 5.10. The van der Waals surface area contributed by atoms with E-state index in [1.165, 1.54) is 16.1 Å². The molecule has 0 spiro atoms. The van der Waals surface area contributed by atoms with Crippen LogP contribution in [-0.4, -0.2) is 31.9 Å². The van der Waals surface area contributed by atoms with E-state index < -0.39 is 0 Å². The van der Waals surface area contributed by atoms with Gasteiger partial charge in [-0.05, 0) is 32.0 Å². The summed E-state index contributed by atoms with van der Waals surface area (Å²) in [7, 11) is 4.26. The van der Waals surface area contributed by atoms with Crippen LogP contribution in [0.2, 0.25) is 0 Å². The van der Waals surface area contributed by atoms with Crippen molar-refractivity contribution in [2.24, 2.45) is 0 Å². The van der Waals surface area contributed by atoms with Crippen molar-refractivity contribution in [2.45, 2.75) is 36.5 Å². The third-order valence-electron chi connectivity index (χ3n) is 3.65. The van der Waals surface area contributed by atoms with Crippen LogP contribution in [0.5, 0.6) is 0 Å². The number of para-hydroxylation sites is 1. The molecule has 1 aromatic rings. The molecule has 0 amide bonds. The lowest BCUT2D eigenvalue weighted by molar-refractivity contribution is 0.601. The van der Waals surface area contributed by atoms with E-state index in [1.54, 1.807) is 0 Å². The standard InChI is InChI=1S/C14H22N2S/c1-5-11-7-6-8-12-14(11)16(4)10(2)13(17-12)9-15-3/h6-8,10,13,15H,5,9H2,1-4H3. The van der Waals surface area contributed by atoms with Crippen molar-refractivity contribution in [3.05, 3.63) is 23.8 Å². The van der Waals surface area contributed by atoms with Gasteiger partial charge in [0.1, 0.15) is 0 Å². The summed E-state index contributed by atoms with van der Waals surface area (Å²) in [6.07, 6.45) is 1.11. The molecule has 3 heteroatoms. The molecule has 2 nitrogen and oxygen atoms in total. The van der Waals surface area contributed by atoms with Crippen LogP contribution in [0.15, 0.2) is 23.1 Å². The number of fused-ring (bicyclic) bond motifs is 1. The molecule has 0 fully saturated rings. The molecule has 1 aliphatic heterocycles. The Morgan fingerprint density at radius 1 is 1.41 bits per heavy atom. The first kappa shape index (κ1) is 12.8. The lowest BCUT2D eigenvalue weighted by Gasteiger charge is -2.40. The highest BCUT2D eigenvalue weighted by molar-refractivity contribution is 8.00. The summed E-state index contributed by atoms with van der Waals surface area (Å²) in [5.74, 6) is 0. The molecule has 17 heavy (non-hydrogen) atoms. The average molecular weight is 250 g/mol. The van der Waals surface area contributed by atoms with Gasteiger partial charge in [0, 0.05) is 29.8 Å². The predicted octanol–water partition coefficient (Wildman–Crippen LogP) is 2.77. The van der Waals surface area contributed by atoms with Crippen molar-refractivity contribution in [1.29, 1.82) is 0 Å². The van der Waals surface area contributed by atoms with Gasteiger partial charge in [-0.3, -0.25) is 0 Å². The maximum atomic E-state index is 3.30. The van der Waals surface area contributed by atoms with Crippen LogP contribution in [0.25, 0.3) is 0 Å². The van der Waals surface area contributed by atoms with E-state index in [9.17, 15) is 0 Å². The Hall–Kier alpha value is -0.670. The topological polar surface area (TPSA) is 15.3 Å². The summed E-state index contributed by atoms with van der Waals surface area (Å²) in [5, 5.41) is 3.93. The monoisotopic (exact) mass is 250 g/mol. The second-order valence-electron chi connectivity index (χ2n) is 4.68. The summed E-state index contributed by atoms with van der Waals surface area (Å²) in [5.41, 5.74) is 2.91. The van der Waals surface area contributed by atoms with Crippen LogP contribution in [-0.2, 0) is 6.42 Å². The van der Waals surface area contributed by atoms with Crippen molar-refractivity contribution < 1.29 is 0 Å². The van der Waals surface area contributed by atoms with Crippen LogP contribution in [0.1, 0.15) is 19.4 Å². The summed E-state index contributed by atoms with van der Waals surface area (Å²) in [4.78, 5) is 3.89. The molecule has 1 aromatic carbocycles. The van der Waals surface area contributed by atoms with Crippen LogP contribution in [0.4, 0.5) is 5.69 Å². The van der Waals surface area contributed by atoms with Gasteiger partial charge in [-0.2, -0.15) is 0 Å². The molecule has 2 rings (SSSR count). The molecule has 0 saturated heterocycles. The number of anilines is 1. The largest absolute Gasteiger partial charge is 0.370 e. The van der Waals surface area contributed by atoms with Crippen LogP contribution in [0, 0.1) is 0 Å². The zero-order valence-corrected chi connectivity index (χ0v) is 12.0. The zero-order chi connectivity index (χ0) is 12.4. The zero-order valence-electron chi connectivity index (χ0n) is 11.2. The Labute approximate surface area is 109 Å². The molecule has 0 radical (unpaired) electrons. The van der Waals surface area contributed by atoms with Gasteiger partial charge in [-0.15, -0.1) is 11.8 Å². The first-order valence-corrected chi connectivity index (χ1v) is 7.23. The smallest absolute Gasteiger partial charge is 0.0537 e. The molecule has 0 saturated carbocycles. The fraction of sp³-hybridized carbons (Fsp3) is 0.571. The Kier molecular flexibility index (Phi) is 4.00. The minimum atomic E-state index is 0.577. The van der Waals surface area contributed by atoms with Gasteiger partial charge in [0.15, 0.2) is 0 Å². The maximum absolute atomic E-state index is 3.30. The van der Waals surface area contributed by atoms with Gasteiger partial charge in [0.05, 0.1) is 5.69 Å². The summed E-state index contributed by atoms with van der Waals surface area (Å²) in [6.45, 7) is 5.62. The summed E-state index contributed by atoms with van der Waals surface area (Å²) < 4.78 is 0. The minimum Gasteiger partial charge on any atom is -0.370 e. The molecule has 0 aliphatic carbocycles. The number of hydrogen-bond donors (Lipinski definition) is 1. The normalized spacial score (nSPS) is 23.6. The van der Waals surface area contributed by atoms with Crippen LogP contribution < -0.4 is 10.2 Å². The van der Waals surface area contributed by atoms with Gasteiger partial charge < -0.3 is 10.2 Å². The highest BCUT2D eigenvalue weighted by atomic mass is 32.2. The molecule has 94 valence electrons. The number of rotatable bonds is 3. The fourth-order valence-electron chi connectivity index (χ4n) is 2.48. The maximum Gasteiger partial charge on any atom is 0.0537 e. The van der Waals surface area contributed by atoms with Gasteiger partial charge >= 0.3 is 0 Å². The number of hydrogen-bond acceptors (Lipinski definition) is 3. The van der Waals surface area contributed by atoms with E-state index in [2.05, 4.69) is 49.3 Å². The Balaban J connectivity index is 2.38. The highest BCUT2D eigenvalue weighted by Gasteiger charge is 2.30. The van der Waals surface area contributed by atoms with E-state index in [4.69, 9.17) is 0 Å². The van der Waals surface area contributed by atoms with Crippen molar-refractivity contribution in [1.82, 2.24) is 5.32 Å². The van der Waals surface area contributed by atoms with E-state index >= 15 is 0 Å². The van der Waals surface area contributed by atoms with E-state index in [-0.39, 0.29) is 0 Å². The number of aryl methyl sites for hydroxylation is 1. The van der Waals surface area contributed by atoms with E-state index in [0.717, 1.165) is 13.0 Å². The van der Waals surface area contributed by atoms with Crippen molar-refractivity contribution in [3.8, 4) is 0 Å². The van der Waals surface area contributed by atoms with E-state index in [0.29, 0.717) is 11.3 Å². The molecular weight excluding hydrogens is 228 g/mol. The molecule has 2 atom stereocenters. The van der Waals surface area contributed by atoms with Crippen molar-refractivity contribution >= 4 is 17.4 Å². The third kappa shape index (κ3) is 2.31. The average Bonchev–Trinajstić information content (AvgIpc) is 2.35. The first-order chi connectivity index (χ1) is 8.19. The Morgan fingerprint density at radius 2 is 2.18 bits per heavy atom. The molecule has 1 heterocycles. The fourth-order valence-corrected chi connectivity index (χ4v) is 3.98. The van der Waals surface area contributed by atoms with Gasteiger partial charge in [-0.25, -0.2) is 0 Å². The molecular formula is C14H22N2S. The molecule has 0 aromatic heterocycles. The SMILES string of the molecule is CCc1cccc2c1N(C)C(C)C(CNC)S2. The second kappa shape index (κ2) is 5.32. The lowest BCUT2D eigenvalue weighted by atomic mass is 10.1. The van der Waals surface area contributed by atoms with Gasteiger partial charge in [-0.1, -0.05) is 19.1 Å².